The van der Waals surface area contributed by atoms with Gasteiger partial charge in [0.05, 0.1) is 31.0 Å². The average molecular weight is 524 g/mol. The second-order valence-corrected chi connectivity index (χ2v) is 11.5. The van der Waals surface area contributed by atoms with E-state index >= 15 is 0 Å². The summed E-state index contributed by atoms with van der Waals surface area (Å²) in [5, 5.41) is 18.6. The maximum atomic E-state index is 13.0. The van der Waals surface area contributed by atoms with Gasteiger partial charge in [-0.3, -0.25) is 4.79 Å². The van der Waals surface area contributed by atoms with Crippen molar-refractivity contribution in [3.63, 3.8) is 0 Å². The molecule has 1 saturated heterocycles. The molecular weight excluding hydrogens is 478 g/mol. The van der Waals surface area contributed by atoms with Gasteiger partial charge in [-0.05, 0) is 69.9 Å². The molecule has 38 heavy (non-hydrogen) atoms. The lowest BCUT2D eigenvalue weighted by atomic mass is 9.84. The highest BCUT2D eigenvalue weighted by molar-refractivity contribution is 5.83. The van der Waals surface area contributed by atoms with Crippen LogP contribution >= 0.6 is 0 Å². The van der Waals surface area contributed by atoms with Crippen LogP contribution in [0.4, 0.5) is 5.95 Å². The molecule has 0 bridgehead atoms. The van der Waals surface area contributed by atoms with Crippen molar-refractivity contribution in [1.82, 2.24) is 19.5 Å². The Morgan fingerprint density at radius 2 is 1.97 bits per heavy atom. The zero-order valence-corrected chi connectivity index (χ0v) is 23.2. The normalized spacial score (nSPS) is 25.3. The molecule has 2 aromatic heterocycles. The van der Waals surface area contributed by atoms with Crippen LogP contribution in [0.1, 0.15) is 102 Å². The third-order valence-electron chi connectivity index (χ3n) is 8.70. The number of morpholine rings is 1. The van der Waals surface area contributed by atoms with Crippen LogP contribution < -0.4 is 5.32 Å². The van der Waals surface area contributed by atoms with Gasteiger partial charge in [0.25, 0.3) is 0 Å². The first-order valence-electron chi connectivity index (χ1n) is 14.9. The van der Waals surface area contributed by atoms with Gasteiger partial charge in [0.15, 0.2) is 0 Å². The monoisotopic (exact) mass is 523 g/mol. The Hall–Kier alpha value is -2.45. The largest absolute Gasteiger partial charge is 0.393 e. The predicted molar refractivity (Wildman–Crippen MR) is 150 cm³/mol. The minimum Gasteiger partial charge on any atom is -0.393 e. The first-order valence-corrected chi connectivity index (χ1v) is 14.9. The third kappa shape index (κ3) is 6.23. The average Bonchev–Trinajstić information content (AvgIpc) is 3.32. The molecule has 208 valence electrons. The third-order valence-corrected chi connectivity index (χ3v) is 8.70. The van der Waals surface area contributed by atoms with E-state index in [0.717, 1.165) is 56.9 Å². The molecule has 2 fully saturated rings. The van der Waals surface area contributed by atoms with Crippen LogP contribution in [0.5, 0.6) is 0 Å². The van der Waals surface area contributed by atoms with E-state index in [1.165, 1.54) is 36.1 Å². The maximum Gasteiger partial charge on any atom is 0.241 e. The number of unbranched alkanes of at least 4 members (excludes halogenated alkanes) is 2. The van der Waals surface area contributed by atoms with E-state index in [1.807, 2.05) is 11.1 Å². The Kier molecular flexibility index (Phi) is 9.00. The summed E-state index contributed by atoms with van der Waals surface area (Å²) in [6.45, 7) is 7.14. The number of hydrogen-bond acceptors (Lipinski definition) is 6. The van der Waals surface area contributed by atoms with E-state index in [4.69, 9.17) is 14.8 Å². The highest BCUT2D eigenvalue weighted by Crippen LogP contribution is 2.39. The highest BCUT2D eigenvalue weighted by atomic mass is 16.5. The first kappa shape index (κ1) is 27.1. The van der Waals surface area contributed by atoms with Crippen LogP contribution in [0.3, 0.4) is 0 Å². The van der Waals surface area contributed by atoms with Crippen molar-refractivity contribution in [2.75, 3.05) is 31.6 Å². The van der Waals surface area contributed by atoms with Crippen LogP contribution in [-0.4, -0.2) is 69.0 Å². The molecule has 0 radical (unpaired) electrons. The van der Waals surface area contributed by atoms with Crippen molar-refractivity contribution in [2.24, 2.45) is 5.92 Å². The fourth-order valence-corrected chi connectivity index (χ4v) is 6.34. The summed E-state index contributed by atoms with van der Waals surface area (Å²) in [5.41, 5.74) is 4.76. The number of carbonyl (C=O) groups excluding carboxylic acids is 1. The number of aliphatic hydroxyl groups excluding tert-OH is 1. The van der Waals surface area contributed by atoms with E-state index in [0.29, 0.717) is 44.2 Å². The zero-order valence-electron chi connectivity index (χ0n) is 23.2. The van der Waals surface area contributed by atoms with E-state index in [9.17, 15) is 9.90 Å². The van der Waals surface area contributed by atoms with Crippen LogP contribution in [-0.2, 0) is 9.53 Å². The SMILES string of the molecule is CCCCC[C@H](C)Nc1ncc2c(C3=CC[C@H](C(=O)N4CCOCC4)CC3)cc([C@H]3CC[C@H](O)CC3)n2n1. The van der Waals surface area contributed by atoms with Gasteiger partial charge in [-0.1, -0.05) is 32.3 Å². The van der Waals surface area contributed by atoms with Crippen molar-refractivity contribution in [3.05, 3.63) is 29.6 Å². The van der Waals surface area contributed by atoms with Crippen molar-refractivity contribution < 1.29 is 14.6 Å². The molecular formula is C30H45N5O3. The van der Waals surface area contributed by atoms with Crippen LogP contribution in [0.25, 0.3) is 11.1 Å². The van der Waals surface area contributed by atoms with E-state index < -0.39 is 0 Å². The fraction of sp³-hybridized carbons (Fsp3) is 0.700. The number of nitrogens with zero attached hydrogens (tertiary/aromatic N) is 4. The van der Waals surface area contributed by atoms with Gasteiger partial charge in [-0.2, -0.15) is 0 Å². The van der Waals surface area contributed by atoms with E-state index in [1.54, 1.807) is 0 Å². The molecule has 2 N–H and O–H groups in total. The molecule has 0 aromatic carbocycles. The van der Waals surface area contributed by atoms with Gasteiger partial charge in [0.2, 0.25) is 11.9 Å². The Morgan fingerprint density at radius 1 is 1.18 bits per heavy atom. The second kappa shape index (κ2) is 12.6. The Bertz CT molecular complexity index is 1110. The van der Waals surface area contributed by atoms with Crippen LogP contribution in [0.2, 0.25) is 0 Å². The molecule has 1 saturated carbocycles. The molecule has 2 atom stereocenters. The van der Waals surface area contributed by atoms with Gasteiger partial charge in [0, 0.05) is 42.2 Å². The molecule has 1 amide bonds. The fourth-order valence-electron chi connectivity index (χ4n) is 6.34. The van der Waals surface area contributed by atoms with Crippen molar-refractivity contribution in [3.8, 4) is 0 Å². The quantitative estimate of drug-likeness (QED) is 0.441. The molecule has 8 heteroatoms. The number of carbonyl (C=O) groups is 1. The smallest absolute Gasteiger partial charge is 0.241 e. The number of fused-ring (bicyclic) bond motifs is 1. The summed E-state index contributed by atoms with van der Waals surface area (Å²) in [6, 6.07) is 2.64. The number of nitrogens with one attached hydrogen (secondary N) is 1. The van der Waals surface area contributed by atoms with Crippen LogP contribution in [0.15, 0.2) is 18.3 Å². The van der Waals surface area contributed by atoms with Gasteiger partial charge < -0.3 is 20.1 Å². The number of allylic oxidation sites excluding steroid dienone is 2. The molecule has 8 nitrogen and oxygen atoms in total. The topological polar surface area (TPSA) is 92.0 Å². The number of aromatic nitrogens is 3. The molecule has 1 aliphatic heterocycles. The molecule has 3 heterocycles. The summed E-state index contributed by atoms with van der Waals surface area (Å²) in [5.74, 6) is 1.39. The summed E-state index contributed by atoms with van der Waals surface area (Å²) in [6.07, 6.45) is 15.0. The summed E-state index contributed by atoms with van der Waals surface area (Å²) in [7, 11) is 0. The Balaban J connectivity index is 1.38. The van der Waals surface area contributed by atoms with Crippen molar-refractivity contribution >= 4 is 22.9 Å². The summed E-state index contributed by atoms with van der Waals surface area (Å²) >= 11 is 0. The molecule has 0 unspecified atom stereocenters. The lowest BCUT2D eigenvalue weighted by Gasteiger charge is -2.31. The van der Waals surface area contributed by atoms with Crippen LogP contribution in [0, 0.1) is 5.92 Å². The molecule has 5 rings (SSSR count). The maximum absolute atomic E-state index is 13.0. The van der Waals surface area contributed by atoms with Gasteiger partial charge in [-0.25, -0.2) is 9.50 Å². The van der Waals surface area contributed by atoms with Crippen molar-refractivity contribution in [2.45, 2.75) is 103 Å². The number of rotatable bonds is 9. The summed E-state index contributed by atoms with van der Waals surface area (Å²) < 4.78 is 7.53. The zero-order chi connectivity index (χ0) is 26.5. The lowest BCUT2D eigenvalue weighted by molar-refractivity contribution is -0.139. The first-order chi connectivity index (χ1) is 18.5. The van der Waals surface area contributed by atoms with Gasteiger partial charge in [-0.15, -0.1) is 5.10 Å². The number of ether oxygens (including phenoxy) is 1. The number of amides is 1. The van der Waals surface area contributed by atoms with Crippen molar-refractivity contribution in [1.29, 1.82) is 0 Å². The predicted octanol–water partition coefficient (Wildman–Crippen LogP) is 5.17. The molecule has 0 spiro atoms. The Morgan fingerprint density at radius 3 is 2.68 bits per heavy atom. The minimum absolute atomic E-state index is 0.0614. The highest BCUT2D eigenvalue weighted by Gasteiger charge is 2.30. The van der Waals surface area contributed by atoms with E-state index in [2.05, 4.69) is 35.8 Å². The molecule has 3 aliphatic rings. The summed E-state index contributed by atoms with van der Waals surface area (Å²) in [4.78, 5) is 19.7. The number of hydrogen-bond donors (Lipinski definition) is 2. The second-order valence-electron chi connectivity index (χ2n) is 11.5. The number of aliphatic hydroxyl groups is 1. The van der Waals surface area contributed by atoms with E-state index in [-0.39, 0.29) is 17.9 Å². The standard InChI is InChI=1S/C30H45N5O3/c1-3-4-5-6-21(2)32-30-31-20-28-26(19-27(35(28)33-30)23-11-13-25(36)14-12-23)22-7-9-24(10-8-22)29(37)34-15-17-38-18-16-34/h7,19-21,23-25,36H,3-6,8-18H2,1-2H3,(H,32,33)/t21-,23-,24-,25-/m0/s1. The molecule has 2 aliphatic carbocycles. The van der Waals surface area contributed by atoms with Gasteiger partial charge in [0.1, 0.15) is 0 Å². The lowest BCUT2D eigenvalue weighted by Crippen LogP contribution is -2.44. The molecule has 2 aromatic rings. The van der Waals surface area contributed by atoms with Gasteiger partial charge >= 0.3 is 0 Å². The Labute approximate surface area is 226 Å². The number of anilines is 1. The minimum atomic E-state index is -0.185.